The maximum atomic E-state index is 12.6. The number of nitrogens with zero attached hydrogens (tertiary/aromatic N) is 1. The Balaban J connectivity index is 1.64. The number of hydrogen-bond donors (Lipinski definition) is 1. The molecule has 0 aliphatic carbocycles. The van der Waals surface area contributed by atoms with Gasteiger partial charge in [0.05, 0.1) is 22.5 Å². The highest BCUT2D eigenvalue weighted by molar-refractivity contribution is 14.1. The van der Waals surface area contributed by atoms with Gasteiger partial charge in [-0.3, -0.25) is 14.4 Å². The van der Waals surface area contributed by atoms with Crippen molar-refractivity contribution in [3.63, 3.8) is 0 Å². The molecule has 0 saturated carbocycles. The molecular formula is C21H13IN2O3. The Morgan fingerprint density at radius 2 is 1.44 bits per heavy atom. The molecule has 3 amide bonds. The van der Waals surface area contributed by atoms with Crippen LogP contribution in [-0.2, 0) is 0 Å². The van der Waals surface area contributed by atoms with Crippen LogP contribution in [0.1, 0.15) is 31.1 Å². The minimum atomic E-state index is -0.384. The third kappa shape index (κ3) is 3.12. The zero-order chi connectivity index (χ0) is 19.0. The van der Waals surface area contributed by atoms with Gasteiger partial charge in [0.1, 0.15) is 0 Å². The molecule has 0 atom stereocenters. The lowest BCUT2D eigenvalue weighted by atomic mass is 10.1. The molecule has 6 heteroatoms. The lowest BCUT2D eigenvalue weighted by molar-refractivity contribution is 0.0924. The predicted molar refractivity (Wildman–Crippen MR) is 111 cm³/mol. The summed E-state index contributed by atoms with van der Waals surface area (Å²) in [6.45, 7) is 0. The summed E-state index contributed by atoms with van der Waals surface area (Å²) >= 11 is 2.14. The second-order valence-electron chi connectivity index (χ2n) is 5.98. The first-order chi connectivity index (χ1) is 13.1. The van der Waals surface area contributed by atoms with Crippen molar-refractivity contribution in [3.8, 4) is 0 Å². The largest absolute Gasteiger partial charge is 0.321 e. The van der Waals surface area contributed by atoms with Crippen LogP contribution in [0.15, 0.2) is 72.8 Å². The van der Waals surface area contributed by atoms with Gasteiger partial charge < -0.3 is 5.32 Å². The molecule has 27 heavy (non-hydrogen) atoms. The van der Waals surface area contributed by atoms with E-state index in [0.29, 0.717) is 28.1 Å². The third-order valence-electron chi connectivity index (χ3n) is 4.28. The smallest absolute Gasteiger partial charge is 0.266 e. The highest BCUT2D eigenvalue weighted by atomic mass is 127. The van der Waals surface area contributed by atoms with Gasteiger partial charge in [0, 0.05) is 9.13 Å². The van der Waals surface area contributed by atoms with E-state index in [1.807, 2.05) is 24.3 Å². The van der Waals surface area contributed by atoms with E-state index in [2.05, 4.69) is 27.9 Å². The van der Waals surface area contributed by atoms with Gasteiger partial charge in [-0.2, -0.15) is 0 Å². The zero-order valence-corrected chi connectivity index (χ0v) is 16.1. The minimum Gasteiger partial charge on any atom is -0.321 e. The number of benzene rings is 3. The van der Waals surface area contributed by atoms with Gasteiger partial charge in [-0.1, -0.05) is 30.3 Å². The van der Waals surface area contributed by atoms with E-state index < -0.39 is 0 Å². The van der Waals surface area contributed by atoms with Crippen molar-refractivity contribution >= 4 is 51.7 Å². The number of imide groups is 1. The SMILES string of the molecule is O=C(Nc1ccccc1I)c1cccc(N2C(=O)c3ccccc3C2=O)c1. The number of carbonyl (C=O) groups excluding carboxylic acids is 3. The van der Waals surface area contributed by atoms with Gasteiger partial charge in [0.2, 0.25) is 0 Å². The van der Waals surface area contributed by atoms with Gasteiger partial charge in [-0.15, -0.1) is 0 Å². The Kier molecular flexibility index (Phi) is 4.49. The van der Waals surface area contributed by atoms with Gasteiger partial charge in [0.15, 0.2) is 0 Å². The Morgan fingerprint density at radius 1 is 0.815 bits per heavy atom. The average Bonchev–Trinajstić information content (AvgIpc) is 2.94. The molecule has 1 aliphatic heterocycles. The second kappa shape index (κ2) is 6.96. The molecule has 0 spiro atoms. The molecule has 0 bridgehead atoms. The van der Waals surface area contributed by atoms with Crippen LogP contribution in [-0.4, -0.2) is 17.7 Å². The summed E-state index contributed by atoms with van der Waals surface area (Å²) in [6.07, 6.45) is 0. The van der Waals surface area contributed by atoms with E-state index >= 15 is 0 Å². The van der Waals surface area contributed by atoms with Crippen LogP contribution in [0, 0.1) is 3.57 Å². The number of para-hydroxylation sites is 1. The van der Waals surface area contributed by atoms with Crippen LogP contribution < -0.4 is 10.2 Å². The lowest BCUT2D eigenvalue weighted by Crippen LogP contribution is -2.29. The van der Waals surface area contributed by atoms with E-state index in [-0.39, 0.29) is 17.7 Å². The molecule has 1 aliphatic rings. The molecule has 0 saturated heterocycles. The Hall–Kier alpha value is -3.00. The van der Waals surface area contributed by atoms with Crippen LogP contribution in [0.25, 0.3) is 0 Å². The first kappa shape index (κ1) is 17.4. The van der Waals surface area contributed by atoms with Crippen LogP contribution in [0.3, 0.4) is 0 Å². The average molecular weight is 468 g/mol. The van der Waals surface area contributed by atoms with Gasteiger partial charge in [-0.25, -0.2) is 4.90 Å². The van der Waals surface area contributed by atoms with E-state index in [4.69, 9.17) is 0 Å². The Labute approximate surface area is 169 Å². The van der Waals surface area contributed by atoms with E-state index in [0.717, 1.165) is 8.47 Å². The molecule has 1 N–H and O–H groups in total. The fraction of sp³-hybridized carbons (Fsp3) is 0. The lowest BCUT2D eigenvalue weighted by Gasteiger charge is -2.15. The predicted octanol–water partition coefficient (Wildman–Crippen LogP) is 4.34. The monoisotopic (exact) mass is 468 g/mol. The summed E-state index contributed by atoms with van der Waals surface area (Å²) in [5, 5.41) is 2.85. The highest BCUT2D eigenvalue weighted by Gasteiger charge is 2.36. The number of carbonyl (C=O) groups is 3. The van der Waals surface area contributed by atoms with Crippen LogP contribution in [0.4, 0.5) is 11.4 Å². The third-order valence-corrected chi connectivity index (χ3v) is 5.22. The summed E-state index contributed by atoms with van der Waals surface area (Å²) in [7, 11) is 0. The van der Waals surface area contributed by atoms with Gasteiger partial charge in [0.25, 0.3) is 17.7 Å². The second-order valence-corrected chi connectivity index (χ2v) is 7.14. The number of rotatable bonds is 3. The van der Waals surface area contributed by atoms with E-state index in [9.17, 15) is 14.4 Å². The van der Waals surface area contributed by atoms with E-state index in [1.165, 1.54) is 0 Å². The van der Waals surface area contributed by atoms with Crippen molar-refractivity contribution < 1.29 is 14.4 Å². The first-order valence-electron chi connectivity index (χ1n) is 8.20. The molecule has 3 aromatic rings. The molecule has 1 heterocycles. The van der Waals surface area contributed by atoms with Gasteiger partial charge >= 0.3 is 0 Å². The number of halogens is 1. The van der Waals surface area contributed by atoms with Crippen molar-refractivity contribution in [3.05, 3.63) is 93.1 Å². The normalized spacial score (nSPS) is 12.9. The molecule has 4 rings (SSSR count). The minimum absolute atomic E-state index is 0.308. The summed E-state index contributed by atoms with van der Waals surface area (Å²) in [4.78, 5) is 39.0. The fourth-order valence-corrected chi connectivity index (χ4v) is 3.49. The maximum absolute atomic E-state index is 12.6. The molecule has 0 unspecified atom stereocenters. The van der Waals surface area contributed by atoms with E-state index in [1.54, 1.807) is 48.5 Å². The topological polar surface area (TPSA) is 66.5 Å². The first-order valence-corrected chi connectivity index (χ1v) is 9.28. The molecule has 3 aromatic carbocycles. The number of nitrogens with one attached hydrogen (secondary N) is 1. The number of hydrogen-bond acceptors (Lipinski definition) is 3. The molecular weight excluding hydrogens is 455 g/mol. The summed E-state index contributed by atoms with van der Waals surface area (Å²) in [5.41, 5.74) is 2.18. The van der Waals surface area contributed by atoms with Crippen LogP contribution in [0.5, 0.6) is 0 Å². The summed E-state index contributed by atoms with van der Waals surface area (Å²) in [5.74, 6) is -1.07. The molecule has 132 valence electrons. The quantitative estimate of drug-likeness (QED) is 0.460. The van der Waals surface area contributed by atoms with Crippen molar-refractivity contribution in [2.75, 3.05) is 10.2 Å². The van der Waals surface area contributed by atoms with Crippen LogP contribution in [0.2, 0.25) is 0 Å². The molecule has 0 aromatic heterocycles. The molecule has 5 nitrogen and oxygen atoms in total. The van der Waals surface area contributed by atoms with Crippen molar-refractivity contribution in [1.82, 2.24) is 0 Å². The maximum Gasteiger partial charge on any atom is 0.266 e. The molecule has 0 radical (unpaired) electrons. The Morgan fingerprint density at radius 3 is 2.11 bits per heavy atom. The highest BCUT2D eigenvalue weighted by Crippen LogP contribution is 2.29. The molecule has 0 fully saturated rings. The Bertz CT molecular complexity index is 1060. The number of fused-ring (bicyclic) bond motifs is 1. The van der Waals surface area contributed by atoms with Gasteiger partial charge in [-0.05, 0) is 65.1 Å². The number of anilines is 2. The zero-order valence-electron chi connectivity index (χ0n) is 14.0. The van der Waals surface area contributed by atoms with Crippen molar-refractivity contribution in [2.45, 2.75) is 0 Å². The summed E-state index contributed by atoms with van der Waals surface area (Å²) in [6, 6.07) is 20.6. The fourth-order valence-electron chi connectivity index (χ4n) is 2.97. The standard InChI is InChI=1S/C21H13IN2O3/c22-17-10-3-4-11-18(17)23-19(25)13-6-5-7-14(12-13)24-20(26)15-8-1-2-9-16(15)21(24)27/h1-12H,(H,23,25). The van der Waals surface area contributed by atoms with Crippen molar-refractivity contribution in [1.29, 1.82) is 0 Å². The number of amides is 3. The summed E-state index contributed by atoms with van der Waals surface area (Å²) < 4.78 is 0.917. The van der Waals surface area contributed by atoms with Crippen molar-refractivity contribution in [2.24, 2.45) is 0 Å². The van der Waals surface area contributed by atoms with Crippen LogP contribution >= 0.6 is 22.6 Å².